The smallest absolute Gasteiger partial charge is 0.367 e. The molecular formula is C7H11NO7P2. The van der Waals surface area contributed by atoms with Gasteiger partial charge in [-0.2, -0.15) is 0 Å². The fourth-order valence-electron chi connectivity index (χ4n) is 1.11. The molecule has 5 N–H and O–H groups in total. The van der Waals surface area contributed by atoms with Crippen molar-refractivity contribution >= 4 is 15.2 Å². The molecular weight excluding hydrogens is 272 g/mol. The number of hydrogen-bond acceptors (Lipinski definition) is 8. The van der Waals surface area contributed by atoms with Gasteiger partial charge in [-0.05, 0) is 11.6 Å². The molecule has 0 unspecified atom stereocenters. The molecule has 0 saturated carbocycles. The third-order valence-corrected chi connectivity index (χ3v) is 5.51. The van der Waals surface area contributed by atoms with Gasteiger partial charge in [0.05, 0.1) is 0 Å². The van der Waals surface area contributed by atoms with Crippen LogP contribution in [0.4, 0.5) is 0 Å². The van der Waals surface area contributed by atoms with Crippen molar-refractivity contribution in [2.75, 3.05) is 0 Å². The van der Waals surface area contributed by atoms with Gasteiger partial charge in [0, 0.05) is 18.8 Å². The Morgan fingerprint density at radius 2 is 1.94 bits per heavy atom. The van der Waals surface area contributed by atoms with Gasteiger partial charge in [0.25, 0.3) is 5.08 Å². The molecule has 1 rings (SSSR count). The Hall–Kier alpha value is -0.590. The number of nitrogens with zero attached hydrogens (tertiary/aromatic N) is 1. The average molecular weight is 288 g/mol. The second-order valence-corrected chi connectivity index (χ2v) is 7.06. The number of aliphatic hydroxyl groups is 1. The van der Waals surface area contributed by atoms with E-state index in [-0.39, 0.29) is 5.56 Å². The fraction of sp³-hybridized carbons (Fsp3) is 0.286. The molecule has 0 spiro atoms. The Morgan fingerprint density at radius 3 is 2.35 bits per heavy atom. The Kier molecular flexibility index (Phi) is 2.29. The lowest BCUT2D eigenvalue weighted by molar-refractivity contribution is 0.131. The van der Waals surface area contributed by atoms with Crippen molar-refractivity contribution in [3.05, 3.63) is 30.1 Å². The zero-order valence-corrected chi connectivity index (χ0v) is 10.0. The van der Waals surface area contributed by atoms with Crippen LogP contribution in [0.25, 0.3) is 0 Å². The van der Waals surface area contributed by atoms with Crippen LogP contribution in [-0.4, -0.2) is 41.9 Å². The predicted molar refractivity (Wildman–Crippen MR) is 57.0 cm³/mol. The molecule has 0 aliphatic heterocycles. The van der Waals surface area contributed by atoms with E-state index >= 15 is 0 Å². The van der Waals surface area contributed by atoms with E-state index in [1.54, 1.807) is 0 Å². The Morgan fingerprint density at radius 1 is 1.29 bits per heavy atom. The maximum atomic E-state index is 12.4. The fourth-order valence-corrected chi connectivity index (χ4v) is 3.06. The SMILES string of the molecule is [2H]OC(Cc1cccnc1)(P(=O)(O[2H])O[2H])P(=O)(O[2H])O[2H]. The molecule has 96 valence electrons. The van der Waals surface area contributed by atoms with Gasteiger partial charge in [0.2, 0.25) is 7.16 Å². The molecule has 1 aromatic rings. The lowest BCUT2D eigenvalue weighted by Gasteiger charge is -2.29. The number of rotatable bonds is 9. The predicted octanol–water partition coefficient (Wildman–Crippen LogP) is -0.374. The molecule has 0 amide bonds. The van der Waals surface area contributed by atoms with Crippen molar-refractivity contribution in [2.24, 2.45) is 0 Å². The highest BCUT2D eigenvalue weighted by molar-refractivity contribution is 7.72. The van der Waals surface area contributed by atoms with E-state index in [1.165, 1.54) is 24.5 Å². The first-order valence-corrected chi connectivity index (χ1v) is 7.30. The van der Waals surface area contributed by atoms with Gasteiger partial charge in [-0.3, -0.25) is 14.1 Å². The largest absolute Gasteiger partial charge is 0.369 e. The first-order valence-electron chi connectivity index (χ1n) is 6.26. The molecule has 1 aromatic heterocycles. The molecule has 0 aromatic carbocycles. The van der Waals surface area contributed by atoms with Gasteiger partial charge in [-0.15, -0.1) is 0 Å². The van der Waals surface area contributed by atoms with Crippen LogP contribution in [0.1, 0.15) is 5.56 Å². The van der Waals surface area contributed by atoms with E-state index < -0.39 is 26.7 Å². The standard InChI is InChI=1S/C7H11NO7P2/c9-7(16(10,11)12,17(13,14)15)4-6-2-1-3-8-5-6/h1-3,5,9H,4H2,(H2,10,11,12)(H2,13,14,15)/i9D/hD4. The van der Waals surface area contributed by atoms with Crippen LogP contribution >= 0.6 is 15.2 Å². The molecule has 0 fully saturated rings. The van der Waals surface area contributed by atoms with Crippen LogP contribution in [0.3, 0.4) is 0 Å². The Bertz CT molecular complexity index is 536. The van der Waals surface area contributed by atoms with E-state index in [9.17, 15) is 9.13 Å². The van der Waals surface area contributed by atoms with Crippen molar-refractivity contribution in [1.82, 2.24) is 4.98 Å². The summed E-state index contributed by atoms with van der Waals surface area (Å²) < 4.78 is 58.9. The lowest BCUT2D eigenvalue weighted by atomic mass is 10.2. The van der Waals surface area contributed by atoms with Gasteiger partial charge < -0.3 is 24.7 Å². The molecule has 8 nitrogen and oxygen atoms in total. The number of pyridine rings is 1. The van der Waals surface area contributed by atoms with E-state index in [0.29, 0.717) is 0 Å². The molecule has 0 aliphatic carbocycles. The summed E-state index contributed by atoms with van der Waals surface area (Å²) in [5.41, 5.74) is 0.151. The quantitative estimate of drug-likeness (QED) is 0.386. The summed E-state index contributed by atoms with van der Waals surface area (Å²) in [5.74, 6) is 0. The maximum Gasteiger partial charge on any atom is 0.369 e. The summed E-state index contributed by atoms with van der Waals surface area (Å²) in [6.45, 7) is 0. The zero-order chi connectivity index (χ0) is 16.9. The summed E-state index contributed by atoms with van der Waals surface area (Å²) in [6.07, 6.45) is 1.81. The van der Waals surface area contributed by atoms with Crippen LogP contribution in [0.15, 0.2) is 24.5 Å². The number of aromatic nitrogens is 1. The Balaban J connectivity index is 3.55. The normalized spacial score (nSPS) is 17.5. The molecule has 0 saturated heterocycles. The molecule has 0 atom stereocenters. The first-order chi connectivity index (χ1) is 10.4. The third-order valence-electron chi connectivity index (χ3n) is 2.01. The van der Waals surface area contributed by atoms with Crippen molar-refractivity contribution in [3.63, 3.8) is 0 Å². The van der Waals surface area contributed by atoms with E-state index in [4.69, 9.17) is 7.16 Å². The van der Waals surface area contributed by atoms with Gasteiger partial charge in [-0.25, -0.2) is 0 Å². The monoisotopic (exact) mass is 288 g/mol. The van der Waals surface area contributed by atoms with E-state index in [1.807, 2.05) is 0 Å². The number of hydrogen-bond donors (Lipinski definition) is 5. The lowest BCUT2D eigenvalue weighted by Crippen LogP contribution is -2.31. The minimum atomic E-state index is -5.10. The minimum Gasteiger partial charge on any atom is -0.367 e. The van der Waals surface area contributed by atoms with Crippen molar-refractivity contribution in [1.29, 1.82) is 7.16 Å². The molecule has 0 radical (unpaired) electrons. The second-order valence-electron chi connectivity index (χ2n) is 3.28. The van der Waals surface area contributed by atoms with Crippen LogP contribution in [0, 0.1) is 0 Å². The van der Waals surface area contributed by atoms with Gasteiger partial charge in [-0.1, -0.05) is 6.07 Å². The summed E-state index contributed by atoms with van der Waals surface area (Å²) in [4.78, 5) is 18.9. The van der Waals surface area contributed by atoms with Crippen LogP contribution < -0.4 is 0 Å². The van der Waals surface area contributed by atoms with Gasteiger partial charge in [0.1, 0.15) is 0 Å². The highest BCUT2D eigenvalue weighted by atomic mass is 31.2. The molecule has 10 heteroatoms. The molecule has 0 bridgehead atoms. The van der Waals surface area contributed by atoms with Crippen LogP contribution in [0.5, 0.6) is 0 Å². The average Bonchev–Trinajstić information content (AvgIpc) is 2.59. The van der Waals surface area contributed by atoms with Crippen LogP contribution in [0.2, 0.25) is 0 Å². The van der Waals surface area contributed by atoms with E-state index in [0.717, 1.165) is 0 Å². The van der Waals surface area contributed by atoms with Crippen molar-refractivity contribution in [2.45, 2.75) is 11.5 Å². The van der Waals surface area contributed by atoms with Crippen molar-refractivity contribution in [3.8, 4) is 0 Å². The highest BCUT2D eigenvalue weighted by Crippen LogP contribution is 2.68. The highest BCUT2D eigenvalue weighted by Gasteiger charge is 2.59. The first kappa shape index (κ1) is 8.50. The molecule has 17 heavy (non-hydrogen) atoms. The molecule has 0 aliphatic rings. The molecule has 1 heterocycles. The van der Waals surface area contributed by atoms with Crippen LogP contribution in [-0.2, 0) is 15.6 Å². The zero-order valence-electron chi connectivity index (χ0n) is 13.2. The topological polar surface area (TPSA) is 148 Å². The minimum absolute atomic E-state index is 0.151. The Labute approximate surface area is 104 Å². The summed E-state index contributed by atoms with van der Waals surface area (Å²) in [6, 6.07) is 2.82. The van der Waals surface area contributed by atoms with E-state index in [2.05, 4.69) is 29.7 Å². The summed E-state index contributed by atoms with van der Waals surface area (Å²) in [5, 5.41) is 1.11. The van der Waals surface area contributed by atoms with Gasteiger partial charge >= 0.3 is 15.2 Å². The second kappa shape index (κ2) is 4.59. The summed E-state index contributed by atoms with van der Waals surface area (Å²) >= 11 is 0. The summed E-state index contributed by atoms with van der Waals surface area (Å²) in [7, 11) is -10.2. The van der Waals surface area contributed by atoms with Crippen molar-refractivity contribution < 1.29 is 33.8 Å². The van der Waals surface area contributed by atoms with Gasteiger partial charge in [0.15, 0.2) is 0 Å². The maximum absolute atomic E-state index is 12.4. The third kappa shape index (κ3) is 3.00.